The van der Waals surface area contributed by atoms with Crippen LogP contribution in [0.5, 0.6) is 0 Å². The lowest BCUT2D eigenvalue weighted by Gasteiger charge is -2.37. The van der Waals surface area contributed by atoms with Crippen LogP contribution in [0.3, 0.4) is 0 Å². The Morgan fingerprint density at radius 3 is 2.33 bits per heavy atom. The van der Waals surface area contributed by atoms with Crippen molar-refractivity contribution in [2.45, 2.75) is 83.1 Å². The summed E-state index contributed by atoms with van der Waals surface area (Å²) in [7, 11) is 0. The normalized spacial score (nSPS) is 24.9. The summed E-state index contributed by atoms with van der Waals surface area (Å²) in [5.74, 6) is -0.506. The molecule has 5 nitrogen and oxygen atoms in total. The molecule has 5 heteroatoms. The number of aryl methyl sites for hydroxylation is 1. The first-order valence-electron chi connectivity index (χ1n) is 13.6. The van der Waals surface area contributed by atoms with E-state index in [0.29, 0.717) is 19.4 Å². The zero-order chi connectivity index (χ0) is 25.3. The van der Waals surface area contributed by atoms with Crippen molar-refractivity contribution in [3.63, 3.8) is 0 Å². The molecule has 2 fully saturated rings. The maximum Gasteiger partial charge on any atom is 0.303 e. The molecule has 4 unspecified atom stereocenters. The standard InChI is InChI=1S/C31H41NO4/c1-23-11-15-25(16-12-23)26-17-13-24(14-18-26)22-36-29-21-28(33)31(32-19-7-4-8-20-32)27(29)9-5-2-3-6-10-30(34)35/h2,5,11-18,27-29,31,33H,3-4,6-10,19-22H2,1H3,(H,34,35)/b5-2+. The van der Waals surface area contributed by atoms with E-state index in [1.54, 1.807) is 0 Å². The van der Waals surface area contributed by atoms with Gasteiger partial charge >= 0.3 is 5.97 Å². The van der Waals surface area contributed by atoms with E-state index >= 15 is 0 Å². The van der Waals surface area contributed by atoms with E-state index in [0.717, 1.165) is 31.5 Å². The van der Waals surface area contributed by atoms with Gasteiger partial charge in [0.25, 0.3) is 0 Å². The van der Waals surface area contributed by atoms with E-state index < -0.39 is 5.97 Å². The van der Waals surface area contributed by atoms with Crippen molar-refractivity contribution >= 4 is 5.97 Å². The average molecular weight is 492 g/mol. The lowest BCUT2D eigenvalue weighted by atomic mass is 9.93. The number of aliphatic carboxylic acids is 1. The fraction of sp³-hybridized carbons (Fsp3) is 0.516. The summed E-state index contributed by atoms with van der Waals surface area (Å²) >= 11 is 0. The number of carboxylic acids is 1. The second kappa shape index (κ2) is 13.2. The van der Waals surface area contributed by atoms with Crippen molar-refractivity contribution < 1.29 is 19.7 Å². The van der Waals surface area contributed by atoms with Crippen molar-refractivity contribution in [2.24, 2.45) is 5.92 Å². The smallest absolute Gasteiger partial charge is 0.303 e. The molecule has 0 bridgehead atoms. The van der Waals surface area contributed by atoms with Crippen LogP contribution in [0.2, 0.25) is 0 Å². The maximum absolute atomic E-state index is 11.1. The van der Waals surface area contributed by atoms with Crippen LogP contribution in [0, 0.1) is 12.8 Å². The van der Waals surface area contributed by atoms with Crippen molar-refractivity contribution in [1.29, 1.82) is 0 Å². The molecule has 0 aromatic heterocycles. The van der Waals surface area contributed by atoms with Gasteiger partial charge in [-0.15, -0.1) is 0 Å². The topological polar surface area (TPSA) is 70.0 Å². The molecule has 36 heavy (non-hydrogen) atoms. The zero-order valence-electron chi connectivity index (χ0n) is 21.5. The molecule has 1 aliphatic carbocycles. The van der Waals surface area contributed by atoms with Gasteiger partial charge in [-0.3, -0.25) is 9.69 Å². The van der Waals surface area contributed by atoms with Crippen LogP contribution in [0.1, 0.15) is 62.5 Å². The highest BCUT2D eigenvalue weighted by molar-refractivity contribution is 5.66. The van der Waals surface area contributed by atoms with Crippen LogP contribution in [-0.2, 0) is 16.1 Å². The molecule has 1 aliphatic heterocycles. The molecule has 4 rings (SSSR count). The van der Waals surface area contributed by atoms with Gasteiger partial charge in [0.2, 0.25) is 0 Å². The first-order valence-corrected chi connectivity index (χ1v) is 13.6. The molecule has 2 N–H and O–H groups in total. The first-order chi connectivity index (χ1) is 17.5. The molecule has 1 saturated carbocycles. The van der Waals surface area contributed by atoms with Gasteiger partial charge in [-0.2, -0.15) is 0 Å². The number of ether oxygens (including phenoxy) is 1. The second-order valence-electron chi connectivity index (χ2n) is 10.5. The number of hydrogen-bond acceptors (Lipinski definition) is 4. The van der Waals surface area contributed by atoms with Gasteiger partial charge in [0.15, 0.2) is 0 Å². The lowest BCUT2D eigenvalue weighted by Crippen LogP contribution is -2.47. The highest BCUT2D eigenvalue weighted by atomic mass is 16.5. The van der Waals surface area contributed by atoms with E-state index in [-0.39, 0.29) is 30.6 Å². The van der Waals surface area contributed by atoms with E-state index in [1.165, 1.54) is 36.0 Å². The van der Waals surface area contributed by atoms with Crippen LogP contribution < -0.4 is 0 Å². The predicted molar refractivity (Wildman–Crippen MR) is 144 cm³/mol. The van der Waals surface area contributed by atoms with E-state index in [4.69, 9.17) is 9.84 Å². The molecule has 1 heterocycles. The molecule has 2 aromatic carbocycles. The minimum absolute atomic E-state index is 0.00683. The predicted octanol–water partition coefficient (Wildman–Crippen LogP) is 5.98. The summed E-state index contributed by atoms with van der Waals surface area (Å²) in [6.45, 7) is 4.74. The molecule has 2 aromatic rings. The van der Waals surface area contributed by atoms with Gasteiger partial charge in [-0.05, 0) is 68.8 Å². The quantitative estimate of drug-likeness (QED) is 0.299. The first kappa shape index (κ1) is 26.6. The summed E-state index contributed by atoms with van der Waals surface area (Å²) in [4.78, 5) is 13.2. The Hall–Kier alpha value is -2.47. The fourth-order valence-corrected chi connectivity index (χ4v) is 5.76. The molecule has 194 valence electrons. The highest BCUT2D eigenvalue weighted by Crippen LogP contribution is 2.37. The summed E-state index contributed by atoms with van der Waals surface area (Å²) < 4.78 is 6.47. The van der Waals surface area contributed by atoms with Gasteiger partial charge < -0.3 is 14.9 Å². The summed E-state index contributed by atoms with van der Waals surface area (Å²) in [6.07, 6.45) is 10.7. The number of nitrogens with zero attached hydrogens (tertiary/aromatic N) is 1. The lowest BCUT2D eigenvalue weighted by molar-refractivity contribution is -0.137. The van der Waals surface area contributed by atoms with E-state index in [9.17, 15) is 9.90 Å². The molecule has 4 atom stereocenters. The third kappa shape index (κ3) is 7.28. The number of piperidine rings is 1. The van der Waals surface area contributed by atoms with Crippen LogP contribution in [0.4, 0.5) is 0 Å². The number of benzene rings is 2. The van der Waals surface area contributed by atoms with Crippen molar-refractivity contribution in [1.82, 2.24) is 4.90 Å². The minimum Gasteiger partial charge on any atom is -0.481 e. The van der Waals surface area contributed by atoms with Crippen molar-refractivity contribution in [3.05, 3.63) is 71.8 Å². The van der Waals surface area contributed by atoms with E-state index in [2.05, 4.69) is 72.5 Å². The zero-order valence-corrected chi connectivity index (χ0v) is 21.5. The van der Waals surface area contributed by atoms with Gasteiger partial charge in [0.05, 0.1) is 18.8 Å². The SMILES string of the molecule is Cc1ccc(-c2ccc(COC3CC(O)C(N4CCCCC4)C3C/C=C/CCCC(=O)O)cc2)cc1. The number of rotatable bonds is 11. The number of allylic oxidation sites excluding steroid dienone is 2. The van der Waals surface area contributed by atoms with Crippen LogP contribution in [0.25, 0.3) is 11.1 Å². The fourth-order valence-electron chi connectivity index (χ4n) is 5.76. The van der Waals surface area contributed by atoms with Crippen molar-refractivity contribution in [3.8, 4) is 11.1 Å². The van der Waals surface area contributed by atoms with Gasteiger partial charge in [0.1, 0.15) is 0 Å². The average Bonchev–Trinajstić information content (AvgIpc) is 3.20. The molecule has 0 radical (unpaired) electrons. The largest absolute Gasteiger partial charge is 0.481 e. The minimum atomic E-state index is -0.743. The molecular weight excluding hydrogens is 450 g/mol. The molecule has 1 saturated heterocycles. The summed E-state index contributed by atoms with van der Waals surface area (Å²) in [6, 6.07) is 17.3. The number of hydrogen-bond donors (Lipinski definition) is 2. The number of aliphatic hydroxyl groups excluding tert-OH is 1. The monoisotopic (exact) mass is 491 g/mol. The van der Waals surface area contributed by atoms with Crippen molar-refractivity contribution in [2.75, 3.05) is 13.1 Å². The Morgan fingerprint density at radius 2 is 1.67 bits per heavy atom. The van der Waals surface area contributed by atoms with Gasteiger partial charge in [0, 0.05) is 24.8 Å². The number of aliphatic hydroxyl groups is 1. The Kier molecular flexibility index (Phi) is 9.74. The van der Waals surface area contributed by atoms with Crippen LogP contribution >= 0.6 is 0 Å². The molecular formula is C31H41NO4. The Balaban J connectivity index is 1.38. The third-order valence-corrected chi connectivity index (χ3v) is 7.74. The summed E-state index contributed by atoms with van der Waals surface area (Å²) in [5.41, 5.74) is 4.82. The Bertz CT molecular complexity index is 979. The third-order valence-electron chi connectivity index (χ3n) is 7.74. The maximum atomic E-state index is 11.1. The number of carboxylic acid groups (broad SMARTS) is 1. The van der Waals surface area contributed by atoms with Gasteiger partial charge in [-0.25, -0.2) is 0 Å². The number of carbonyl (C=O) groups is 1. The second-order valence-corrected chi connectivity index (χ2v) is 10.5. The van der Waals surface area contributed by atoms with Crippen LogP contribution in [-0.4, -0.2) is 52.4 Å². The highest BCUT2D eigenvalue weighted by Gasteiger charge is 2.45. The molecule has 2 aliphatic rings. The Morgan fingerprint density at radius 1 is 1.00 bits per heavy atom. The molecule has 0 amide bonds. The van der Waals surface area contributed by atoms with Crippen LogP contribution in [0.15, 0.2) is 60.7 Å². The molecule has 0 spiro atoms. The Labute approximate surface area is 215 Å². The van der Waals surface area contributed by atoms with E-state index in [1.807, 2.05) is 0 Å². The van der Waals surface area contributed by atoms with Gasteiger partial charge in [-0.1, -0.05) is 72.7 Å². The number of unbranched alkanes of at least 4 members (excludes halogenated alkanes) is 1. The summed E-state index contributed by atoms with van der Waals surface area (Å²) in [5, 5.41) is 19.9. The number of likely N-dealkylation sites (tertiary alicyclic amines) is 1.